The van der Waals surface area contributed by atoms with Crippen LogP contribution in [0.25, 0.3) is 0 Å². The second-order valence-corrected chi connectivity index (χ2v) is 10.1. The molecule has 4 bridgehead atoms. The minimum absolute atomic E-state index is 0.00993. The number of nitrogens with one attached hydrogen (secondary N) is 3. The lowest BCUT2D eigenvalue weighted by atomic mass is 9.49. The normalized spacial score (nSPS) is 32.1. The molecule has 8 nitrogen and oxygen atoms in total. The van der Waals surface area contributed by atoms with Gasteiger partial charge < -0.3 is 5.32 Å². The number of aryl methyl sites for hydroxylation is 2. The Labute approximate surface area is 175 Å². The monoisotopic (exact) mass is 421 g/mol. The predicted octanol–water partition coefficient (Wildman–Crippen LogP) is 1.34. The molecule has 0 spiro atoms. The van der Waals surface area contributed by atoms with Gasteiger partial charge in [0.05, 0.1) is 17.7 Å². The quantitative estimate of drug-likeness (QED) is 0.492. The molecule has 4 saturated carbocycles. The Kier molecular flexibility index (Phi) is 5.09. The molecule has 0 saturated heterocycles. The number of amides is 3. The number of halogens is 1. The smallest absolute Gasteiger partial charge is 0.260 e. The lowest BCUT2D eigenvalue weighted by Gasteiger charge is -2.59. The molecule has 4 atom stereocenters. The van der Waals surface area contributed by atoms with Gasteiger partial charge in [-0.25, -0.2) is 0 Å². The molecule has 1 aromatic rings. The number of hydrazine groups is 1. The van der Waals surface area contributed by atoms with Crippen LogP contribution in [0, 0.1) is 31.1 Å². The molecule has 4 aliphatic carbocycles. The Morgan fingerprint density at radius 2 is 1.79 bits per heavy atom. The van der Waals surface area contributed by atoms with Crippen molar-refractivity contribution in [2.24, 2.45) is 17.3 Å². The van der Waals surface area contributed by atoms with E-state index in [4.69, 9.17) is 11.6 Å². The van der Waals surface area contributed by atoms with Crippen LogP contribution >= 0.6 is 11.6 Å². The summed E-state index contributed by atoms with van der Waals surface area (Å²) in [5, 5.41) is 6.97. The van der Waals surface area contributed by atoms with Crippen molar-refractivity contribution in [2.75, 3.05) is 6.54 Å². The molecular weight excluding hydrogens is 394 g/mol. The second kappa shape index (κ2) is 7.31. The summed E-state index contributed by atoms with van der Waals surface area (Å²) in [5.41, 5.74) is 5.96. The molecule has 0 radical (unpaired) electrons. The van der Waals surface area contributed by atoms with E-state index in [0.717, 1.165) is 37.1 Å². The van der Waals surface area contributed by atoms with Gasteiger partial charge in [-0.3, -0.25) is 29.9 Å². The standard InChI is InChI=1S/C20H28ClN5O3/c1-12-3-13(2)26(25-12)10-17(28)24-23-16(27)9-22-18(29)19-5-14-4-15(6-19)8-20(21,7-14)11-19/h3,14-15H,4-11H2,1-2H3,(H,22,29)(H,23,27)(H,24,28)/t14-,15+,19?,20?. The van der Waals surface area contributed by atoms with Crippen LogP contribution < -0.4 is 16.2 Å². The van der Waals surface area contributed by atoms with Crippen molar-refractivity contribution in [1.29, 1.82) is 0 Å². The van der Waals surface area contributed by atoms with Crippen molar-refractivity contribution < 1.29 is 14.4 Å². The predicted molar refractivity (Wildman–Crippen MR) is 107 cm³/mol. The highest BCUT2D eigenvalue weighted by atomic mass is 35.5. The van der Waals surface area contributed by atoms with Crippen molar-refractivity contribution in [2.45, 2.75) is 63.8 Å². The average Bonchev–Trinajstić information content (AvgIpc) is 2.92. The van der Waals surface area contributed by atoms with Gasteiger partial charge in [-0.2, -0.15) is 5.10 Å². The molecule has 3 N–H and O–H groups in total. The first-order chi connectivity index (χ1) is 13.7. The van der Waals surface area contributed by atoms with Gasteiger partial charge in [0.25, 0.3) is 11.8 Å². The van der Waals surface area contributed by atoms with E-state index >= 15 is 0 Å². The first kappa shape index (κ1) is 20.2. The third-order valence-corrected chi connectivity index (χ3v) is 7.06. The number of carbonyl (C=O) groups is 3. The summed E-state index contributed by atoms with van der Waals surface area (Å²) >= 11 is 6.78. The van der Waals surface area contributed by atoms with Crippen LogP contribution in [0.15, 0.2) is 6.07 Å². The maximum atomic E-state index is 12.9. The molecule has 2 unspecified atom stereocenters. The molecule has 4 fully saturated rings. The van der Waals surface area contributed by atoms with E-state index < -0.39 is 11.3 Å². The van der Waals surface area contributed by atoms with Crippen LogP contribution in [-0.2, 0) is 20.9 Å². The number of nitrogens with zero attached hydrogens (tertiary/aromatic N) is 2. The van der Waals surface area contributed by atoms with E-state index in [2.05, 4.69) is 21.3 Å². The van der Waals surface area contributed by atoms with E-state index in [1.807, 2.05) is 19.9 Å². The topological polar surface area (TPSA) is 105 Å². The molecule has 4 aliphatic rings. The fourth-order valence-corrected chi connectivity index (χ4v) is 6.65. The van der Waals surface area contributed by atoms with Crippen molar-refractivity contribution >= 4 is 29.3 Å². The zero-order valence-electron chi connectivity index (χ0n) is 16.9. The van der Waals surface area contributed by atoms with E-state index in [1.165, 1.54) is 6.42 Å². The number of hydrogen-bond acceptors (Lipinski definition) is 4. The van der Waals surface area contributed by atoms with Gasteiger partial charge in [-0.05, 0) is 70.3 Å². The maximum absolute atomic E-state index is 12.9. The molecule has 1 heterocycles. The van der Waals surface area contributed by atoms with Gasteiger partial charge in [-0.15, -0.1) is 11.6 Å². The van der Waals surface area contributed by atoms with Crippen molar-refractivity contribution in [3.05, 3.63) is 17.5 Å². The summed E-state index contributed by atoms with van der Waals surface area (Å²) in [5.74, 6) is 0.0937. The summed E-state index contributed by atoms with van der Waals surface area (Å²) in [6, 6.07) is 1.87. The van der Waals surface area contributed by atoms with Crippen LogP contribution in [0.4, 0.5) is 0 Å². The number of rotatable bonds is 5. The third-order valence-electron chi connectivity index (χ3n) is 6.62. The van der Waals surface area contributed by atoms with Crippen molar-refractivity contribution in [1.82, 2.24) is 25.9 Å². The molecule has 5 rings (SSSR count). The van der Waals surface area contributed by atoms with Crippen LogP contribution in [-0.4, -0.2) is 38.9 Å². The summed E-state index contributed by atoms with van der Waals surface area (Å²) in [6.45, 7) is 3.54. The van der Waals surface area contributed by atoms with E-state index in [1.54, 1.807) is 4.68 Å². The summed E-state index contributed by atoms with van der Waals surface area (Å²) in [6.07, 6.45) is 5.60. The molecule has 0 aliphatic heterocycles. The summed E-state index contributed by atoms with van der Waals surface area (Å²) < 4.78 is 1.56. The van der Waals surface area contributed by atoms with Gasteiger partial charge in [0.15, 0.2) is 0 Å². The molecule has 9 heteroatoms. The molecule has 0 aromatic carbocycles. The third kappa shape index (κ3) is 4.13. The number of aromatic nitrogens is 2. The van der Waals surface area contributed by atoms with Crippen LogP contribution in [0.5, 0.6) is 0 Å². The Bertz CT molecular complexity index is 837. The minimum atomic E-state index is -0.467. The average molecular weight is 422 g/mol. The van der Waals surface area contributed by atoms with Gasteiger partial charge in [0, 0.05) is 10.6 Å². The van der Waals surface area contributed by atoms with Gasteiger partial charge >= 0.3 is 0 Å². The number of alkyl halides is 1. The largest absolute Gasteiger partial charge is 0.346 e. The van der Waals surface area contributed by atoms with E-state index in [0.29, 0.717) is 18.3 Å². The lowest BCUT2D eigenvalue weighted by molar-refractivity contribution is -0.145. The second-order valence-electron chi connectivity index (χ2n) is 9.26. The number of hydrogen-bond donors (Lipinski definition) is 3. The molecule has 1 aromatic heterocycles. The zero-order valence-corrected chi connectivity index (χ0v) is 17.6. The molecule has 29 heavy (non-hydrogen) atoms. The first-order valence-corrected chi connectivity index (χ1v) is 10.6. The van der Waals surface area contributed by atoms with E-state index in [9.17, 15) is 14.4 Å². The summed E-state index contributed by atoms with van der Waals surface area (Å²) in [4.78, 5) is 36.7. The maximum Gasteiger partial charge on any atom is 0.260 e. The molecular formula is C20H28ClN5O3. The Morgan fingerprint density at radius 3 is 2.38 bits per heavy atom. The minimum Gasteiger partial charge on any atom is -0.346 e. The lowest BCUT2D eigenvalue weighted by Crippen LogP contribution is -2.59. The van der Waals surface area contributed by atoms with Gasteiger partial charge in [0.2, 0.25) is 5.91 Å². The fourth-order valence-electron chi connectivity index (χ4n) is 5.96. The highest BCUT2D eigenvalue weighted by Crippen LogP contribution is 2.63. The van der Waals surface area contributed by atoms with Crippen molar-refractivity contribution in [3.8, 4) is 0 Å². The Balaban J connectivity index is 1.24. The highest BCUT2D eigenvalue weighted by Gasteiger charge is 2.60. The highest BCUT2D eigenvalue weighted by molar-refractivity contribution is 6.24. The first-order valence-electron chi connectivity index (χ1n) is 10.2. The van der Waals surface area contributed by atoms with Crippen molar-refractivity contribution in [3.63, 3.8) is 0 Å². The fraction of sp³-hybridized carbons (Fsp3) is 0.700. The zero-order chi connectivity index (χ0) is 20.8. The Hall–Kier alpha value is -2.09. The SMILES string of the molecule is Cc1cc(C)n(CC(=O)NNC(=O)CNC(=O)C23C[C@@H]4C[C@@H](CC(Cl)(C4)C2)C3)n1. The molecule has 158 valence electrons. The van der Waals surface area contributed by atoms with Gasteiger partial charge in [-0.1, -0.05) is 0 Å². The molecule has 3 amide bonds. The summed E-state index contributed by atoms with van der Waals surface area (Å²) in [7, 11) is 0. The van der Waals surface area contributed by atoms with E-state index in [-0.39, 0.29) is 29.8 Å². The van der Waals surface area contributed by atoms with Crippen LogP contribution in [0.1, 0.15) is 49.9 Å². The van der Waals surface area contributed by atoms with Crippen LogP contribution in [0.2, 0.25) is 0 Å². The number of carbonyl (C=O) groups excluding carboxylic acids is 3. The Morgan fingerprint density at radius 1 is 1.14 bits per heavy atom. The van der Waals surface area contributed by atoms with Crippen LogP contribution in [0.3, 0.4) is 0 Å². The van der Waals surface area contributed by atoms with Gasteiger partial charge in [0.1, 0.15) is 6.54 Å².